The molecule has 0 aliphatic rings. The molecule has 0 saturated carbocycles. The van der Waals surface area contributed by atoms with Crippen LogP contribution in [0.3, 0.4) is 0 Å². The maximum atomic E-state index is 10.7. The third-order valence-corrected chi connectivity index (χ3v) is 5.32. The van der Waals surface area contributed by atoms with Crippen molar-refractivity contribution in [2.24, 2.45) is 0 Å². The molecule has 0 fully saturated rings. The van der Waals surface area contributed by atoms with Crippen LogP contribution >= 0.6 is 11.8 Å². The zero-order chi connectivity index (χ0) is 18.6. The van der Waals surface area contributed by atoms with Crippen LogP contribution in [0.4, 0.5) is 5.69 Å². The monoisotopic (exact) mass is 369 g/mol. The largest absolute Gasteiger partial charge is 0.269 e. The third kappa shape index (κ3) is 7.44. The van der Waals surface area contributed by atoms with Gasteiger partial charge in [-0.3, -0.25) is 10.1 Å². The Morgan fingerprint density at radius 1 is 0.846 bits per heavy atom. The van der Waals surface area contributed by atoms with Crippen molar-refractivity contribution in [2.45, 2.75) is 50.3 Å². The van der Waals surface area contributed by atoms with Crippen LogP contribution < -0.4 is 0 Å². The van der Waals surface area contributed by atoms with E-state index in [1.54, 1.807) is 12.1 Å². The number of thioether (sulfide) groups is 1. The van der Waals surface area contributed by atoms with Crippen LogP contribution in [0.1, 0.15) is 56.6 Å². The van der Waals surface area contributed by atoms with E-state index in [1.807, 2.05) is 23.9 Å². The van der Waals surface area contributed by atoms with Crippen molar-refractivity contribution in [3.05, 3.63) is 69.8 Å². The molecule has 0 radical (unpaired) electrons. The molecule has 0 spiro atoms. The topological polar surface area (TPSA) is 43.1 Å². The standard InChI is InChI=1S/C22H27NO2S/c1-2-3-4-5-6-7-18-26-22-16-12-20(13-17-22)9-8-19-10-14-21(15-11-19)23(24)25/h8-17H,2-7,18H2,1H3. The van der Waals surface area contributed by atoms with Gasteiger partial charge in [0.2, 0.25) is 0 Å². The van der Waals surface area contributed by atoms with Gasteiger partial charge in [-0.2, -0.15) is 0 Å². The van der Waals surface area contributed by atoms with E-state index >= 15 is 0 Å². The van der Waals surface area contributed by atoms with Gasteiger partial charge in [-0.25, -0.2) is 0 Å². The first-order chi connectivity index (χ1) is 12.7. The summed E-state index contributed by atoms with van der Waals surface area (Å²) in [7, 11) is 0. The second kappa shape index (κ2) is 11.5. The van der Waals surface area contributed by atoms with Gasteiger partial charge in [-0.15, -0.1) is 11.8 Å². The summed E-state index contributed by atoms with van der Waals surface area (Å²) in [4.78, 5) is 11.6. The minimum absolute atomic E-state index is 0.119. The van der Waals surface area contributed by atoms with E-state index in [1.165, 1.54) is 61.3 Å². The molecule has 0 saturated heterocycles. The molecule has 0 heterocycles. The maximum Gasteiger partial charge on any atom is 0.269 e. The molecule has 2 aromatic rings. The van der Waals surface area contributed by atoms with Crippen molar-refractivity contribution >= 4 is 29.6 Å². The predicted octanol–water partition coefficient (Wildman–Crippen LogP) is 7.22. The van der Waals surface area contributed by atoms with E-state index in [4.69, 9.17) is 0 Å². The Morgan fingerprint density at radius 2 is 1.38 bits per heavy atom. The zero-order valence-corrected chi connectivity index (χ0v) is 16.2. The SMILES string of the molecule is CCCCCCCCSc1ccc(C=Cc2ccc([N+](=O)[O-])cc2)cc1. The number of non-ortho nitro benzene ring substituents is 1. The van der Waals surface area contributed by atoms with E-state index in [9.17, 15) is 10.1 Å². The number of hydrogen-bond donors (Lipinski definition) is 0. The Hall–Kier alpha value is -2.07. The van der Waals surface area contributed by atoms with Crippen LogP contribution in [-0.4, -0.2) is 10.7 Å². The lowest BCUT2D eigenvalue weighted by Gasteiger charge is -2.03. The summed E-state index contributed by atoms with van der Waals surface area (Å²) in [6.07, 6.45) is 12.0. The molecule has 26 heavy (non-hydrogen) atoms. The molecule has 0 amide bonds. The van der Waals surface area contributed by atoms with Gasteiger partial charge in [0, 0.05) is 17.0 Å². The highest BCUT2D eigenvalue weighted by atomic mass is 32.2. The Labute approximate surface area is 160 Å². The van der Waals surface area contributed by atoms with Crippen molar-refractivity contribution in [3.63, 3.8) is 0 Å². The molecular formula is C22H27NO2S. The lowest BCUT2D eigenvalue weighted by atomic mass is 10.1. The summed E-state index contributed by atoms with van der Waals surface area (Å²) in [6.45, 7) is 2.25. The average Bonchev–Trinajstić information content (AvgIpc) is 2.67. The van der Waals surface area contributed by atoms with Crippen LogP contribution in [0.2, 0.25) is 0 Å². The molecule has 0 aliphatic carbocycles. The molecular weight excluding hydrogens is 342 g/mol. The van der Waals surface area contributed by atoms with Gasteiger partial charge in [0.05, 0.1) is 4.92 Å². The maximum absolute atomic E-state index is 10.7. The van der Waals surface area contributed by atoms with E-state index in [2.05, 4.69) is 31.2 Å². The molecule has 0 unspecified atom stereocenters. The number of nitrogens with zero attached hydrogens (tertiary/aromatic N) is 1. The summed E-state index contributed by atoms with van der Waals surface area (Å²) in [5.41, 5.74) is 2.21. The van der Waals surface area contributed by atoms with Crippen molar-refractivity contribution in [1.82, 2.24) is 0 Å². The highest BCUT2D eigenvalue weighted by Crippen LogP contribution is 2.21. The number of nitro benzene ring substituents is 1. The Balaban J connectivity index is 1.75. The Bertz CT molecular complexity index is 693. The van der Waals surface area contributed by atoms with Crippen LogP contribution in [0.25, 0.3) is 12.2 Å². The van der Waals surface area contributed by atoms with E-state index in [0.717, 1.165) is 11.1 Å². The second-order valence-corrected chi connectivity index (χ2v) is 7.54. The van der Waals surface area contributed by atoms with Crippen molar-refractivity contribution < 1.29 is 4.92 Å². The number of hydrogen-bond acceptors (Lipinski definition) is 3. The molecule has 2 aromatic carbocycles. The first kappa shape index (κ1) is 20.2. The molecule has 0 atom stereocenters. The third-order valence-electron chi connectivity index (χ3n) is 4.22. The van der Waals surface area contributed by atoms with Gasteiger partial charge < -0.3 is 0 Å². The molecule has 138 valence electrons. The van der Waals surface area contributed by atoms with Gasteiger partial charge in [-0.05, 0) is 47.6 Å². The summed E-state index contributed by atoms with van der Waals surface area (Å²) >= 11 is 1.92. The first-order valence-electron chi connectivity index (χ1n) is 9.34. The van der Waals surface area contributed by atoms with Crippen molar-refractivity contribution in [3.8, 4) is 0 Å². The highest BCUT2D eigenvalue weighted by molar-refractivity contribution is 7.99. The molecule has 2 rings (SSSR count). The average molecular weight is 370 g/mol. The van der Waals surface area contributed by atoms with Gasteiger partial charge in [0.1, 0.15) is 0 Å². The van der Waals surface area contributed by atoms with Crippen LogP contribution in [-0.2, 0) is 0 Å². The fraction of sp³-hybridized carbons (Fsp3) is 0.364. The van der Waals surface area contributed by atoms with Crippen LogP contribution in [0, 0.1) is 10.1 Å². The predicted molar refractivity (Wildman–Crippen MR) is 113 cm³/mol. The van der Waals surface area contributed by atoms with Gasteiger partial charge in [-0.1, -0.05) is 63.3 Å². The van der Waals surface area contributed by atoms with Gasteiger partial charge >= 0.3 is 0 Å². The van der Waals surface area contributed by atoms with Gasteiger partial charge in [0.15, 0.2) is 0 Å². The summed E-state index contributed by atoms with van der Waals surface area (Å²) in [6, 6.07) is 15.1. The second-order valence-electron chi connectivity index (χ2n) is 6.37. The first-order valence-corrected chi connectivity index (χ1v) is 10.3. The summed E-state index contributed by atoms with van der Waals surface area (Å²) in [5.74, 6) is 1.18. The molecule has 4 heteroatoms. The summed E-state index contributed by atoms with van der Waals surface area (Å²) < 4.78 is 0. The van der Waals surface area contributed by atoms with Crippen molar-refractivity contribution in [1.29, 1.82) is 0 Å². The minimum atomic E-state index is -0.380. The number of rotatable bonds is 11. The van der Waals surface area contributed by atoms with E-state index < -0.39 is 0 Å². The lowest BCUT2D eigenvalue weighted by Crippen LogP contribution is -1.86. The summed E-state index contributed by atoms with van der Waals surface area (Å²) in [5, 5.41) is 10.7. The fourth-order valence-electron chi connectivity index (χ4n) is 2.65. The highest BCUT2D eigenvalue weighted by Gasteiger charge is 2.02. The Morgan fingerprint density at radius 3 is 1.96 bits per heavy atom. The zero-order valence-electron chi connectivity index (χ0n) is 15.4. The molecule has 0 bridgehead atoms. The number of benzene rings is 2. The van der Waals surface area contributed by atoms with Gasteiger partial charge in [0.25, 0.3) is 5.69 Å². The fourth-order valence-corrected chi connectivity index (χ4v) is 3.56. The molecule has 0 aromatic heterocycles. The smallest absolute Gasteiger partial charge is 0.258 e. The quantitative estimate of drug-likeness (QED) is 0.138. The molecule has 3 nitrogen and oxygen atoms in total. The molecule has 0 aliphatic heterocycles. The Kier molecular flexibility index (Phi) is 8.98. The molecule has 0 N–H and O–H groups in total. The number of unbranched alkanes of at least 4 members (excludes halogenated alkanes) is 5. The number of nitro groups is 1. The van der Waals surface area contributed by atoms with Crippen LogP contribution in [0.5, 0.6) is 0 Å². The van der Waals surface area contributed by atoms with Crippen molar-refractivity contribution in [2.75, 3.05) is 5.75 Å². The lowest BCUT2D eigenvalue weighted by molar-refractivity contribution is -0.384. The van der Waals surface area contributed by atoms with E-state index in [-0.39, 0.29) is 10.6 Å². The van der Waals surface area contributed by atoms with Crippen LogP contribution in [0.15, 0.2) is 53.4 Å². The van der Waals surface area contributed by atoms with E-state index in [0.29, 0.717) is 0 Å². The minimum Gasteiger partial charge on any atom is -0.258 e. The normalized spacial score (nSPS) is 11.1.